The molecule has 0 amide bonds. The highest BCUT2D eigenvalue weighted by molar-refractivity contribution is 5.76. The highest BCUT2D eigenvalue weighted by Gasteiger charge is 2.64. The molecule has 1 aliphatic rings. The van der Waals surface area contributed by atoms with Gasteiger partial charge in [-0.25, -0.2) is 17.6 Å². The number of benzene rings is 1. The van der Waals surface area contributed by atoms with Crippen LogP contribution in [0, 0.1) is 0 Å². The van der Waals surface area contributed by atoms with E-state index < -0.39 is 41.3 Å². The Morgan fingerprint density at radius 3 is 2.05 bits per heavy atom. The minimum absolute atomic E-state index is 0.355. The monoisotopic (exact) mass is 296 g/mol. The van der Waals surface area contributed by atoms with Crippen molar-refractivity contribution in [3.8, 4) is 0 Å². The molecule has 0 aliphatic heterocycles. The highest BCUT2D eigenvalue weighted by atomic mass is 19.4. The molecule has 0 spiro atoms. The largest absolute Gasteiger partial charge is 0.429 e. The fraction of sp³-hybridized carbons (Fsp3) is 0.231. The zero-order valence-corrected chi connectivity index (χ0v) is 9.69. The first-order chi connectivity index (χ1) is 9.18. The number of halogens is 7. The second kappa shape index (κ2) is 4.64. The lowest BCUT2D eigenvalue weighted by Gasteiger charge is -2.32. The number of allylic oxidation sites excluding steroid dienone is 4. The Morgan fingerprint density at radius 2 is 1.55 bits per heavy atom. The highest BCUT2D eigenvalue weighted by Crippen LogP contribution is 2.49. The smallest absolute Gasteiger partial charge is 0.238 e. The van der Waals surface area contributed by atoms with Crippen molar-refractivity contribution in [1.29, 1.82) is 0 Å². The van der Waals surface area contributed by atoms with Crippen LogP contribution in [0.15, 0.2) is 48.1 Å². The predicted octanol–water partition coefficient (Wildman–Crippen LogP) is 4.84. The zero-order valence-electron chi connectivity index (χ0n) is 9.69. The van der Waals surface area contributed by atoms with Gasteiger partial charge in [0.05, 0.1) is 0 Å². The summed E-state index contributed by atoms with van der Waals surface area (Å²) >= 11 is 0. The standard InChI is InChI=1S/C13H7F7/c14-8-6-12(17,13(18,19)20)11(16)9(10(8)15)7-4-2-1-3-5-7/h1-6,11H. The number of hydrogen-bond donors (Lipinski definition) is 0. The summed E-state index contributed by atoms with van der Waals surface area (Å²) in [7, 11) is 0. The van der Waals surface area contributed by atoms with Gasteiger partial charge < -0.3 is 0 Å². The minimum atomic E-state index is -5.70. The van der Waals surface area contributed by atoms with Gasteiger partial charge >= 0.3 is 6.18 Å². The van der Waals surface area contributed by atoms with Crippen LogP contribution in [0.4, 0.5) is 30.7 Å². The molecule has 0 aromatic heterocycles. The molecule has 108 valence electrons. The Morgan fingerprint density at radius 1 is 1.00 bits per heavy atom. The van der Waals surface area contributed by atoms with E-state index in [2.05, 4.69) is 0 Å². The lowest BCUT2D eigenvalue weighted by molar-refractivity contribution is -0.225. The SMILES string of the molecule is FC1=CC(F)(C(F)(F)F)C(F)C(c2ccccc2)=C1F. The van der Waals surface area contributed by atoms with Gasteiger partial charge in [-0.3, -0.25) is 0 Å². The van der Waals surface area contributed by atoms with E-state index in [0.717, 1.165) is 12.1 Å². The molecule has 0 N–H and O–H groups in total. The van der Waals surface area contributed by atoms with Crippen LogP contribution < -0.4 is 0 Å². The van der Waals surface area contributed by atoms with Gasteiger partial charge in [0.15, 0.2) is 17.8 Å². The molecule has 0 saturated carbocycles. The van der Waals surface area contributed by atoms with E-state index in [9.17, 15) is 30.7 Å². The van der Waals surface area contributed by atoms with E-state index in [0.29, 0.717) is 0 Å². The predicted molar refractivity (Wildman–Crippen MR) is 58.5 cm³/mol. The summed E-state index contributed by atoms with van der Waals surface area (Å²) in [6.07, 6.45) is -9.80. The molecule has 20 heavy (non-hydrogen) atoms. The van der Waals surface area contributed by atoms with E-state index in [1.807, 2.05) is 0 Å². The molecular formula is C13H7F7. The number of rotatable bonds is 1. The Hall–Kier alpha value is -1.79. The Bertz CT molecular complexity index is 570. The van der Waals surface area contributed by atoms with Gasteiger partial charge in [-0.15, -0.1) is 0 Å². The summed E-state index contributed by atoms with van der Waals surface area (Å²) < 4.78 is 92.3. The Labute approximate surface area is 109 Å². The summed E-state index contributed by atoms with van der Waals surface area (Å²) in [6, 6.07) is 6.14. The van der Waals surface area contributed by atoms with E-state index in [4.69, 9.17) is 0 Å². The van der Waals surface area contributed by atoms with E-state index in [1.165, 1.54) is 18.2 Å². The van der Waals surface area contributed by atoms with Gasteiger partial charge in [-0.05, 0) is 5.56 Å². The van der Waals surface area contributed by atoms with Crippen molar-refractivity contribution in [2.45, 2.75) is 18.0 Å². The van der Waals surface area contributed by atoms with Crippen LogP contribution in [-0.2, 0) is 0 Å². The summed E-state index contributed by atoms with van der Waals surface area (Å²) in [6.45, 7) is 0. The third-order valence-electron chi connectivity index (χ3n) is 2.92. The molecule has 2 rings (SSSR count). The molecule has 0 nitrogen and oxygen atoms in total. The molecule has 2 atom stereocenters. The van der Waals surface area contributed by atoms with Crippen LogP contribution in [0.3, 0.4) is 0 Å². The van der Waals surface area contributed by atoms with Crippen molar-refractivity contribution in [1.82, 2.24) is 0 Å². The molecule has 0 heterocycles. The van der Waals surface area contributed by atoms with Gasteiger partial charge in [0.2, 0.25) is 0 Å². The van der Waals surface area contributed by atoms with E-state index >= 15 is 0 Å². The van der Waals surface area contributed by atoms with Gasteiger partial charge in [-0.1, -0.05) is 30.3 Å². The fourth-order valence-electron chi connectivity index (χ4n) is 1.89. The quantitative estimate of drug-likeness (QED) is 0.650. The normalized spacial score (nSPS) is 27.6. The van der Waals surface area contributed by atoms with Crippen molar-refractivity contribution in [2.24, 2.45) is 0 Å². The molecule has 0 radical (unpaired) electrons. The molecule has 1 aromatic rings. The summed E-state index contributed by atoms with van der Waals surface area (Å²) in [4.78, 5) is 0. The molecular weight excluding hydrogens is 289 g/mol. The fourth-order valence-corrected chi connectivity index (χ4v) is 1.89. The maximum absolute atomic E-state index is 13.9. The topological polar surface area (TPSA) is 0 Å². The van der Waals surface area contributed by atoms with Crippen molar-refractivity contribution < 1.29 is 30.7 Å². The molecule has 0 saturated heterocycles. The van der Waals surface area contributed by atoms with E-state index in [1.54, 1.807) is 0 Å². The van der Waals surface area contributed by atoms with Crippen LogP contribution in [0.1, 0.15) is 5.56 Å². The second-order valence-corrected chi connectivity index (χ2v) is 4.21. The van der Waals surface area contributed by atoms with Gasteiger partial charge in [0.25, 0.3) is 5.67 Å². The average Bonchev–Trinajstić information content (AvgIpc) is 2.37. The second-order valence-electron chi connectivity index (χ2n) is 4.21. The van der Waals surface area contributed by atoms with Crippen molar-refractivity contribution in [3.63, 3.8) is 0 Å². The lowest BCUT2D eigenvalue weighted by atomic mass is 9.84. The first-order valence-electron chi connectivity index (χ1n) is 5.42. The van der Waals surface area contributed by atoms with Crippen LogP contribution in [-0.4, -0.2) is 18.0 Å². The number of alkyl halides is 5. The maximum atomic E-state index is 13.9. The third-order valence-corrected chi connectivity index (χ3v) is 2.92. The number of hydrogen-bond acceptors (Lipinski definition) is 0. The first-order valence-corrected chi connectivity index (χ1v) is 5.42. The maximum Gasteiger partial charge on any atom is 0.429 e. The van der Waals surface area contributed by atoms with E-state index in [-0.39, 0.29) is 5.56 Å². The Kier molecular flexibility index (Phi) is 3.39. The summed E-state index contributed by atoms with van der Waals surface area (Å²) in [5.74, 6) is -3.90. The van der Waals surface area contributed by atoms with Gasteiger partial charge in [0, 0.05) is 11.6 Å². The minimum Gasteiger partial charge on any atom is -0.238 e. The van der Waals surface area contributed by atoms with Gasteiger partial charge in [0.1, 0.15) is 0 Å². The first kappa shape index (κ1) is 14.6. The Balaban J connectivity index is 2.63. The van der Waals surface area contributed by atoms with Crippen LogP contribution in [0.25, 0.3) is 5.57 Å². The molecule has 7 heteroatoms. The molecule has 0 fully saturated rings. The summed E-state index contributed by atoms with van der Waals surface area (Å²) in [5, 5.41) is 0. The van der Waals surface area contributed by atoms with Crippen molar-refractivity contribution in [2.75, 3.05) is 0 Å². The van der Waals surface area contributed by atoms with Crippen molar-refractivity contribution >= 4 is 5.57 Å². The van der Waals surface area contributed by atoms with Crippen LogP contribution in [0.5, 0.6) is 0 Å². The van der Waals surface area contributed by atoms with Crippen molar-refractivity contribution in [3.05, 3.63) is 53.6 Å². The lowest BCUT2D eigenvalue weighted by Crippen LogP contribution is -2.49. The van der Waals surface area contributed by atoms with Gasteiger partial charge in [-0.2, -0.15) is 13.2 Å². The third kappa shape index (κ3) is 2.10. The summed E-state index contributed by atoms with van der Waals surface area (Å²) in [5.41, 5.74) is -6.24. The van der Waals surface area contributed by atoms with Crippen LogP contribution in [0.2, 0.25) is 0 Å². The molecule has 2 unspecified atom stereocenters. The molecule has 1 aromatic carbocycles. The molecule has 1 aliphatic carbocycles. The average molecular weight is 296 g/mol. The zero-order chi connectivity index (χ0) is 15.1. The molecule has 0 bridgehead atoms. The van der Waals surface area contributed by atoms with Crippen LogP contribution >= 0.6 is 0 Å².